The maximum Gasteiger partial charge on any atom is -0.0414 e. The number of hydrogen-bond donors (Lipinski definition) is 0. The van der Waals surface area contributed by atoms with Crippen molar-refractivity contribution in [2.24, 2.45) is 11.8 Å². The summed E-state index contributed by atoms with van der Waals surface area (Å²) in [5, 5.41) is 0. The maximum absolute atomic E-state index is 1.56. The van der Waals surface area contributed by atoms with E-state index < -0.39 is 0 Å². The first-order valence-electron chi connectivity index (χ1n) is 11.9. The Morgan fingerprint density at radius 2 is 0.417 bits per heavy atom. The molecule has 2 aliphatic rings. The Bertz CT molecular complexity index is 241. The zero-order valence-electron chi connectivity index (χ0n) is 16.7. The molecule has 0 amide bonds. The molecule has 0 spiro atoms. The van der Waals surface area contributed by atoms with Gasteiger partial charge in [0.25, 0.3) is 0 Å². The zero-order chi connectivity index (χ0) is 16.7. The molecule has 2 fully saturated rings. The highest BCUT2D eigenvalue weighted by Crippen LogP contribution is 2.31. The Balaban J connectivity index is 1.77. The van der Waals surface area contributed by atoms with Gasteiger partial charge >= 0.3 is 0 Å². The molecule has 142 valence electrons. The molecule has 0 nitrogen and oxygen atoms in total. The van der Waals surface area contributed by atoms with Crippen LogP contribution in [-0.4, -0.2) is 0 Å². The van der Waals surface area contributed by atoms with Crippen LogP contribution in [0, 0.1) is 11.8 Å². The van der Waals surface area contributed by atoms with E-state index in [4.69, 9.17) is 0 Å². The number of fused-ring (bicyclic) bond motifs is 3. The molecular formula is C24H46. The van der Waals surface area contributed by atoms with E-state index in [0.29, 0.717) is 0 Å². The van der Waals surface area contributed by atoms with Crippen molar-refractivity contribution in [1.82, 2.24) is 0 Å². The van der Waals surface area contributed by atoms with Gasteiger partial charge in [-0.1, -0.05) is 141 Å². The zero-order valence-corrected chi connectivity index (χ0v) is 16.7. The molecule has 0 aliphatic heterocycles. The summed E-state index contributed by atoms with van der Waals surface area (Å²) in [6, 6.07) is 0. The minimum absolute atomic E-state index is 1.07. The summed E-state index contributed by atoms with van der Waals surface area (Å²) >= 11 is 0. The standard InChI is InChI=1S/C24H46/c1-2-4-6-8-10-14-18-24-20-16-12-11-15-19-23(21-22-24)17-13-9-7-5-3-1/h23-24H,1-22H2. The predicted molar refractivity (Wildman–Crippen MR) is 109 cm³/mol. The minimum Gasteiger partial charge on any atom is -0.0533 e. The first kappa shape index (κ1) is 20.3. The average molecular weight is 335 g/mol. The summed E-state index contributed by atoms with van der Waals surface area (Å²) in [6.45, 7) is 0. The smallest absolute Gasteiger partial charge is 0.0414 e. The monoisotopic (exact) mass is 334 g/mol. The van der Waals surface area contributed by atoms with Crippen molar-refractivity contribution in [2.75, 3.05) is 0 Å². The van der Waals surface area contributed by atoms with Crippen LogP contribution in [-0.2, 0) is 0 Å². The Hall–Kier alpha value is 0. The van der Waals surface area contributed by atoms with E-state index in [1.165, 1.54) is 103 Å². The molecule has 2 atom stereocenters. The highest BCUT2D eigenvalue weighted by Gasteiger charge is 2.15. The highest BCUT2D eigenvalue weighted by molar-refractivity contribution is 4.68. The minimum atomic E-state index is 1.07. The molecule has 2 bridgehead atoms. The molecule has 0 saturated heterocycles. The normalized spacial score (nSPS) is 31.0. The fraction of sp³-hybridized carbons (Fsp3) is 1.00. The third-order valence-corrected chi connectivity index (χ3v) is 6.93. The second-order valence-corrected chi connectivity index (χ2v) is 9.12. The van der Waals surface area contributed by atoms with Crippen LogP contribution in [0.15, 0.2) is 0 Å². The second kappa shape index (κ2) is 14.2. The molecule has 24 heavy (non-hydrogen) atoms. The number of rotatable bonds is 0. The third kappa shape index (κ3) is 10.1. The van der Waals surface area contributed by atoms with Crippen molar-refractivity contribution in [3.05, 3.63) is 0 Å². The molecule has 2 rings (SSSR count). The molecule has 0 heteroatoms. The largest absolute Gasteiger partial charge is 0.0533 e. The average Bonchev–Trinajstić information content (AvgIpc) is 2.60. The summed E-state index contributed by atoms with van der Waals surface area (Å²) in [7, 11) is 0. The fourth-order valence-corrected chi connectivity index (χ4v) is 5.19. The van der Waals surface area contributed by atoms with Gasteiger partial charge < -0.3 is 0 Å². The number of hydrogen-bond acceptors (Lipinski definition) is 0. The van der Waals surface area contributed by atoms with Gasteiger partial charge in [0.05, 0.1) is 0 Å². The Labute approximate surface area is 153 Å². The second-order valence-electron chi connectivity index (χ2n) is 9.12. The molecular weight excluding hydrogens is 288 g/mol. The molecule has 0 aromatic carbocycles. The first-order chi connectivity index (χ1) is 11.9. The van der Waals surface area contributed by atoms with Crippen molar-refractivity contribution in [1.29, 1.82) is 0 Å². The quantitative estimate of drug-likeness (QED) is 0.415. The summed E-state index contributed by atoms with van der Waals surface area (Å²) in [5.74, 6) is 2.15. The lowest BCUT2D eigenvalue weighted by molar-refractivity contribution is 0.296. The SMILES string of the molecule is C1CCCCCCCC2CCCCCCC(CCCCCC1)CC2. The molecule has 0 aromatic heterocycles. The van der Waals surface area contributed by atoms with Crippen molar-refractivity contribution in [3.63, 3.8) is 0 Å². The van der Waals surface area contributed by atoms with Crippen molar-refractivity contribution >= 4 is 0 Å². The highest BCUT2D eigenvalue weighted by atomic mass is 14.2. The topological polar surface area (TPSA) is 0 Å². The van der Waals surface area contributed by atoms with Gasteiger partial charge in [-0.25, -0.2) is 0 Å². The molecule has 2 saturated carbocycles. The van der Waals surface area contributed by atoms with Gasteiger partial charge in [0.15, 0.2) is 0 Å². The van der Waals surface area contributed by atoms with Crippen molar-refractivity contribution in [3.8, 4) is 0 Å². The van der Waals surface area contributed by atoms with Crippen LogP contribution in [0.2, 0.25) is 0 Å². The van der Waals surface area contributed by atoms with E-state index >= 15 is 0 Å². The van der Waals surface area contributed by atoms with Gasteiger partial charge in [-0.15, -0.1) is 0 Å². The molecule has 2 unspecified atom stereocenters. The first-order valence-corrected chi connectivity index (χ1v) is 11.9. The molecule has 0 radical (unpaired) electrons. The van der Waals surface area contributed by atoms with Gasteiger partial charge in [0.2, 0.25) is 0 Å². The Morgan fingerprint density at radius 3 is 0.667 bits per heavy atom. The maximum atomic E-state index is 1.56. The lowest BCUT2D eigenvalue weighted by atomic mass is 9.82. The van der Waals surface area contributed by atoms with Gasteiger partial charge in [-0.2, -0.15) is 0 Å². The van der Waals surface area contributed by atoms with Gasteiger partial charge in [0.1, 0.15) is 0 Å². The predicted octanol–water partition coefficient (Wildman–Crippen LogP) is 8.83. The molecule has 0 heterocycles. The van der Waals surface area contributed by atoms with Crippen LogP contribution in [0.1, 0.15) is 141 Å². The van der Waals surface area contributed by atoms with Crippen LogP contribution in [0.4, 0.5) is 0 Å². The lowest BCUT2D eigenvalue weighted by Crippen LogP contribution is -2.09. The summed E-state index contributed by atoms with van der Waals surface area (Å²) < 4.78 is 0. The molecule has 0 N–H and O–H groups in total. The summed E-state index contributed by atoms with van der Waals surface area (Å²) in [6.07, 6.45) is 33.5. The lowest BCUT2D eigenvalue weighted by Gasteiger charge is -2.23. The van der Waals surface area contributed by atoms with Crippen LogP contribution < -0.4 is 0 Å². The summed E-state index contributed by atoms with van der Waals surface area (Å²) in [5.41, 5.74) is 0. The Morgan fingerprint density at radius 1 is 0.208 bits per heavy atom. The van der Waals surface area contributed by atoms with E-state index in [0.717, 1.165) is 11.8 Å². The van der Waals surface area contributed by atoms with E-state index in [1.807, 2.05) is 0 Å². The van der Waals surface area contributed by atoms with Crippen molar-refractivity contribution < 1.29 is 0 Å². The van der Waals surface area contributed by atoms with E-state index in [1.54, 1.807) is 38.5 Å². The molecule has 0 aromatic rings. The third-order valence-electron chi connectivity index (χ3n) is 6.93. The van der Waals surface area contributed by atoms with Crippen molar-refractivity contribution in [2.45, 2.75) is 141 Å². The van der Waals surface area contributed by atoms with Crippen LogP contribution in [0.5, 0.6) is 0 Å². The molecule has 2 aliphatic carbocycles. The van der Waals surface area contributed by atoms with Gasteiger partial charge in [-0.05, 0) is 11.8 Å². The summed E-state index contributed by atoms with van der Waals surface area (Å²) in [4.78, 5) is 0. The van der Waals surface area contributed by atoms with Crippen LogP contribution in [0.25, 0.3) is 0 Å². The van der Waals surface area contributed by atoms with E-state index in [9.17, 15) is 0 Å². The Kier molecular flexibility index (Phi) is 12.0. The van der Waals surface area contributed by atoms with Crippen LogP contribution in [0.3, 0.4) is 0 Å². The van der Waals surface area contributed by atoms with E-state index in [2.05, 4.69) is 0 Å². The van der Waals surface area contributed by atoms with Gasteiger partial charge in [-0.3, -0.25) is 0 Å². The van der Waals surface area contributed by atoms with Gasteiger partial charge in [0, 0.05) is 0 Å². The fourth-order valence-electron chi connectivity index (χ4n) is 5.19. The van der Waals surface area contributed by atoms with Crippen LogP contribution >= 0.6 is 0 Å². The van der Waals surface area contributed by atoms with E-state index in [-0.39, 0.29) is 0 Å².